The van der Waals surface area contributed by atoms with Crippen LogP contribution in [0.2, 0.25) is 0 Å². The Morgan fingerprint density at radius 2 is 2.24 bits per heavy atom. The number of hydrogen-bond donors (Lipinski definition) is 2. The van der Waals surface area contributed by atoms with Crippen molar-refractivity contribution in [3.05, 3.63) is 59.2 Å². The zero-order valence-electron chi connectivity index (χ0n) is 15.9. The van der Waals surface area contributed by atoms with Gasteiger partial charge >= 0.3 is 0 Å². The standard InChI is InChI=1S/C21H20FN5OS/c1-12-6-7-21(16(12)11-29-20(24)27-21)15-8-14(3-4-17(15)22)26-19(28)18-5-2-13(9-23)10-25-18/h2-5,8,10,12,16H,6-7,11H2,1H3,(H2,24,27)(H,26,28). The van der Waals surface area contributed by atoms with Gasteiger partial charge in [-0.05, 0) is 49.1 Å². The Morgan fingerprint density at radius 1 is 1.41 bits per heavy atom. The minimum atomic E-state index is -0.688. The van der Waals surface area contributed by atoms with Gasteiger partial charge in [-0.2, -0.15) is 5.26 Å². The number of nitrogens with one attached hydrogen (secondary N) is 1. The smallest absolute Gasteiger partial charge is 0.274 e. The Bertz CT molecular complexity index is 1030. The summed E-state index contributed by atoms with van der Waals surface area (Å²) in [5, 5.41) is 12.1. The highest BCUT2D eigenvalue weighted by atomic mass is 32.2. The van der Waals surface area contributed by atoms with Crippen LogP contribution in [0.3, 0.4) is 0 Å². The summed E-state index contributed by atoms with van der Waals surface area (Å²) in [6.45, 7) is 2.17. The maximum Gasteiger partial charge on any atom is 0.274 e. The molecular formula is C21H20FN5OS. The molecule has 1 fully saturated rings. The van der Waals surface area contributed by atoms with Crippen LogP contribution in [0, 0.1) is 29.0 Å². The van der Waals surface area contributed by atoms with Crippen LogP contribution in [0.25, 0.3) is 0 Å². The number of nitrogens with two attached hydrogens (primary N) is 1. The van der Waals surface area contributed by atoms with Gasteiger partial charge in [0.1, 0.15) is 17.6 Å². The minimum Gasteiger partial charge on any atom is -0.379 e. The summed E-state index contributed by atoms with van der Waals surface area (Å²) in [5.41, 5.74) is 6.82. The predicted molar refractivity (Wildman–Crippen MR) is 111 cm³/mol. The lowest BCUT2D eigenvalue weighted by molar-refractivity contribution is 0.102. The van der Waals surface area contributed by atoms with Crippen molar-refractivity contribution in [2.75, 3.05) is 11.1 Å². The molecule has 2 heterocycles. The molecule has 2 aromatic rings. The van der Waals surface area contributed by atoms with Gasteiger partial charge < -0.3 is 11.1 Å². The monoisotopic (exact) mass is 409 g/mol. The second-order valence-electron chi connectivity index (χ2n) is 7.50. The first-order valence-electron chi connectivity index (χ1n) is 9.38. The molecule has 1 aliphatic carbocycles. The number of benzene rings is 1. The number of aromatic nitrogens is 1. The van der Waals surface area contributed by atoms with E-state index in [0.29, 0.717) is 27.9 Å². The number of aliphatic imine (C=N–C) groups is 1. The fraction of sp³-hybridized carbons (Fsp3) is 0.333. The fourth-order valence-corrected chi connectivity index (χ4v) is 5.45. The second-order valence-corrected chi connectivity index (χ2v) is 8.54. The average molecular weight is 409 g/mol. The summed E-state index contributed by atoms with van der Waals surface area (Å²) in [7, 11) is 0. The Morgan fingerprint density at radius 3 is 2.97 bits per heavy atom. The molecule has 4 rings (SSSR count). The molecule has 2 aliphatic rings. The summed E-state index contributed by atoms with van der Waals surface area (Å²) < 4.78 is 14.9. The van der Waals surface area contributed by atoms with Crippen LogP contribution in [0.15, 0.2) is 41.5 Å². The molecule has 3 N–H and O–H groups in total. The van der Waals surface area contributed by atoms with Gasteiger partial charge in [-0.3, -0.25) is 9.79 Å². The van der Waals surface area contributed by atoms with Gasteiger partial charge in [0.2, 0.25) is 0 Å². The highest BCUT2D eigenvalue weighted by Gasteiger charge is 2.51. The number of amidine groups is 1. The average Bonchev–Trinajstić information content (AvgIpc) is 3.06. The Hall–Kier alpha value is -2.92. The lowest BCUT2D eigenvalue weighted by Gasteiger charge is -2.37. The van der Waals surface area contributed by atoms with Crippen molar-refractivity contribution in [2.45, 2.75) is 25.3 Å². The van der Waals surface area contributed by atoms with Crippen molar-refractivity contribution in [3.8, 4) is 6.07 Å². The number of halogens is 1. The quantitative estimate of drug-likeness (QED) is 0.805. The number of fused-ring (bicyclic) bond motifs is 1. The first kappa shape index (κ1) is 19.4. The molecule has 1 aromatic carbocycles. The first-order valence-corrected chi connectivity index (χ1v) is 10.4. The van der Waals surface area contributed by atoms with Gasteiger partial charge in [-0.15, -0.1) is 0 Å². The highest BCUT2D eigenvalue weighted by Crippen LogP contribution is 2.54. The molecule has 0 bridgehead atoms. The molecule has 3 atom stereocenters. The van der Waals surface area contributed by atoms with E-state index in [0.717, 1.165) is 18.6 Å². The van der Waals surface area contributed by atoms with Crippen LogP contribution >= 0.6 is 11.8 Å². The molecule has 0 spiro atoms. The Labute approximate surface area is 172 Å². The third kappa shape index (κ3) is 3.47. The second kappa shape index (κ2) is 7.48. The van der Waals surface area contributed by atoms with Gasteiger partial charge in [0.25, 0.3) is 5.91 Å². The summed E-state index contributed by atoms with van der Waals surface area (Å²) in [4.78, 5) is 21.2. The van der Waals surface area contributed by atoms with Gasteiger partial charge in [0.05, 0.1) is 11.1 Å². The minimum absolute atomic E-state index is 0.178. The Kier molecular flexibility index (Phi) is 5.01. The number of nitrogens with zero attached hydrogens (tertiary/aromatic N) is 3. The van der Waals surface area contributed by atoms with Crippen LogP contribution in [-0.4, -0.2) is 21.8 Å². The van der Waals surface area contributed by atoms with Crippen molar-refractivity contribution in [1.82, 2.24) is 4.98 Å². The molecule has 1 aliphatic heterocycles. The van der Waals surface area contributed by atoms with E-state index in [2.05, 4.69) is 17.2 Å². The first-order chi connectivity index (χ1) is 13.9. The molecular weight excluding hydrogens is 389 g/mol. The van der Waals surface area contributed by atoms with Crippen molar-refractivity contribution < 1.29 is 9.18 Å². The maximum atomic E-state index is 14.9. The number of carbonyl (C=O) groups excluding carboxylic acids is 1. The van der Waals surface area contributed by atoms with Crippen LogP contribution in [0.1, 0.15) is 41.4 Å². The number of thioether (sulfide) groups is 1. The molecule has 148 valence electrons. The molecule has 0 radical (unpaired) electrons. The molecule has 3 unspecified atom stereocenters. The van der Waals surface area contributed by atoms with E-state index >= 15 is 0 Å². The lowest BCUT2D eigenvalue weighted by atomic mass is 9.79. The van der Waals surface area contributed by atoms with Gasteiger partial charge in [-0.25, -0.2) is 9.37 Å². The molecule has 0 saturated heterocycles. The zero-order valence-corrected chi connectivity index (χ0v) is 16.7. The van der Waals surface area contributed by atoms with Crippen molar-refractivity contribution >= 4 is 28.5 Å². The largest absolute Gasteiger partial charge is 0.379 e. The number of pyridine rings is 1. The third-order valence-corrected chi connectivity index (χ3v) is 6.73. The van der Waals surface area contributed by atoms with E-state index in [1.807, 2.05) is 6.07 Å². The highest BCUT2D eigenvalue weighted by molar-refractivity contribution is 8.13. The molecule has 1 amide bonds. The third-order valence-electron chi connectivity index (χ3n) is 5.82. The molecule has 1 aromatic heterocycles. The van der Waals surface area contributed by atoms with Gasteiger partial charge in [0, 0.05) is 29.1 Å². The fourth-order valence-electron chi connectivity index (χ4n) is 4.27. The maximum absolute atomic E-state index is 14.9. The normalized spacial score (nSPS) is 25.6. The van der Waals surface area contributed by atoms with Crippen molar-refractivity contribution in [2.24, 2.45) is 22.6 Å². The lowest BCUT2D eigenvalue weighted by Crippen LogP contribution is -2.39. The summed E-state index contributed by atoms with van der Waals surface area (Å²) in [6.07, 6.45) is 3.02. The van der Waals surface area contributed by atoms with Crippen LogP contribution < -0.4 is 11.1 Å². The van der Waals surface area contributed by atoms with Crippen LogP contribution in [-0.2, 0) is 5.54 Å². The van der Waals surface area contributed by atoms with E-state index in [9.17, 15) is 9.18 Å². The number of anilines is 1. The summed E-state index contributed by atoms with van der Waals surface area (Å²) in [6, 6.07) is 9.51. The topological polar surface area (TPSA) is 104 Å². The zero-order chi connectivity index (χ0) is 20.6. The van der Waals surface area contributed by atoms with E-state index in [1.165, 1.54) is 42.2 Å². The number of amides is 1. The molecule has 1 saturated carbocycles. The Balaban J connectivity index is 1.67. The molecule has 8 heteroatoms. The van der Waals surface area contributed by atoms with Crippen molar-refractivity contribution in [3.63, 3.8) is 0 Å². The van der Waals surface area contributed by atoms with Gasteiger partial charge in [0.15, 0.2) is 5.17 Å². The molecule has 6 nitrogen and oxygen atoms in total. The van der Waals surface area contributed by atoms with E-state index in [-0.39, 0.29) is 17.4 Å². The summed E-state index contributed by atoms with van der Waals surface area (Å²) in [5.74, 6) is 0.646. The van der Waals surface area contributed by atoms with Crippen molar-refractivity contribution in [1.29, 1.82) is 5.26 Å². The SMILES string of the molecule is CC1CCC2(c3cc(NC(=O)c4ccc(C#N)cn4)ccc3F)N=C(N)SCC12. The van der Waals surface area contributed by atoms with E-state index in [4.69, 9.17) is 16.0 Å². The predicted octanol–water partition coefficient (Wildman–Crippen LogP) is 3.65. The van der Waals surface area contributed by atoms with E-state index < -0.39 is 11.4 Å². The number of nitriles is 1. The van der Waals surface area contributed by atoms with Crippen LogP contribution in [0.5, 0.6) is 0 Å². The number of rotatable bonds is 3. The summed E-state index contributed by atoms with van der Waals surface area (Å²) >= 11 is 1.52. The molecule has 29 heavy (non-hydrogen) atoms. The van der Waals surface area contributed by atoms with Crippen LogP contribution in [0.4, 0.5) is 10.1 Å². The van der Waals surface area contributed by atoms with Gasteiger partial charge in [-0.1, -0.05) is 18.7 Å². The van der Waals surface area contributed by atoms with E-state index in [1.54, 1.807) is 6.07 Å². The number of hydrogen-bond acceptors (Lipinski definition) is 6. The number of carbonyl (C=O) groups is 1.